The highest BCUT2D eigenvalue weighted by Crippen LogP contribution is 2.33. The Morgan fingerprint density at radius 2 is 1.87 bits per heavy atom. The van der Waals surface area contributed by atoms with Crippen molar-refractivity contribution in [2.45, 2.75) is 58.3 Å². The monoisotopic (exact) mass is 320 g/mol. The molecule has 1 aliphatic carbocycles. The lowest BCUT2D eigenvalue weighted by molar-refractivity contribution is 0.198. The number of hydrogen-bond donors (Lipinski definition) is 1. The molecule has 4 nitrogen and oxygen atoms in total. The molecule has 0 aromatic rings. The Balaban J connectivity index is 1.42. The minimum absolute atomic E-state index is 0.837. The third kappa shape index (κ3) is 5.66. The molecule has 0 spiro atoms. The van der Waals surface area contributed by atoms with Crippen LogP contribution in [0.25, 0.3) is 0 Å². The van der Waals surface area contributed by atoms with E-state index in [2.05, 4.69) is 22.0 Å². The SMILES string of the molecule is CCNC(=NCCCC1CC1)N1CCC(CN2CCCCC2)C1. The van der Waals surface area contributed by atoms with Crippen molar-refractivity contribution in [2.24, 2.45) is 16.8 Å². The number of nitrogens with zero attached hydrogens (tertiary/aromatic N) is 3. The van der Waals surface area contributed by atoms with Crippen molar-refractivity contribution in [1.82, 2.24) is 15.1 Å². The summed E-state index contributed by atoms with van der Waals surface area (Å²) in [5.41, 5.74) is 0. The lowest BCUT2D eigenvalue weighted by atomic mass is 10.1. The van der Waals surface area contributed by atoms with Crippen molar-refractivity contribution in [2.75, 3.05) is 45.8 Å². The van der Waals surface area contributed by atoms with Crippen molar-refractivity contribution in [3.8, 4) is 0 Å². The third-order valence-electron chi connectivity index (χ3n) is 5.61. The van der Waals surface area contributed by atoms with Gasteiger partial charge in [-0.15, -0.1) is 0 Å². The van der Waals surface area contributed by atoms with E-state index in [1.807, 2.05) is 0 Å². The second-order valence-electron chi connectivity index (χ2n) is 7.78. The van der Waals surface area contributed by atoms with E-state index in [-0.39, 0.29) is 0 Å². The molecule has 0 aromatic carbocycles. The summed E-state index contributed by atoms with van der Waals surface area (Å²) < 4.78 is 0. The van der Waals surface area contributed by atoms with Gasteiger partial charge in [-0.25, -0.2) is 0 Å². The van der Waals surface area contributed by atoms with E-state index in [4.69, 9.17) is 4.99 Å². The van der Waals surface area contributed by atoms with Crippen LogP contribution in [-0.4, -0.2) is 61.6 Å². The van der Waals surface area contributed by atoms with Crippen molar-refractivity contribution >= 4 is 5.96 Å². The molecule has 3 fully saturated rings. The highest BCUT2D eigenvalue weighted by atomic mass is 15.3. The van der Waals surface area contributed by atoms with Gasteiger partial charge in [0.05, 0.1) is 0 Å². The van der Waals surface area contributed by atoms with E-state index in [1.165, 1.54) is 90.0 Å². The van der Waals surface area contributed by atoms with Crippen LogP contribution in [0, 0.1) is 11.8 Å². The molecule has 1 unspecified atom stereocenters. The van der Waals surface area contributed by atoms with Crippen LogP contribution in [0.2, 0.25) is 0 Å². The Labute approximate surface area is 142 Å². The Hall–Kier alpha value is -0.770. The molecule has 2 saturated heterocycles. The van der Waals surface area contributed by atoms with Gasteiger partial charge in [-0.1, -0.05) is 19.3 Å². The molecular formula is C19H36N4. The van der Waals surface area contributed by atoms with Gasteiger partial charge in [-0.05, 0) is 64.0 Å². The van der Waals surface area contributed by atoms with Crippen LogP contribution in [0.5, 0.6) is 0 Å². The predicted molar refractivity (Wildman–Crippen MR) is 97.9 cm³/mol. The molecule has 132 valence electrons. The third-order valence-corrected chi connectivity index (χ3v) is 5.61. The molecule has 2 aliphatic heterocycles. The average Bonchev–Trinajstić information content (AvgIpc) is 3.29. The molecule has 3 aliphatic rings. The zero-order chi connectivity index (χ0) is 15.9. The van der Waals surface area contributed by atoms with Crippen LogP contribution < -0.4 is 5.32 Å². The van der Waals surface area contributed by atoms with Gasteiger partial charge in [0.2, 0.25) is 0 Å². The molecule has 0 aromatic heterocycles. The van der Waals surface area contributed by atoms with Crippen molar-refractivity contribution in [1.29, 1.82) is 0 Å². The molecule has 1 N–H and O–H groups in total. The first kappa shape index (κ1) is 17.1. The Bertz CT molecular complexity index is 372. The number of hydrogen-bond acceptors (Lipinski definition) is 2. The lowest BCUT2D eigenvalue weighted by Gasteiger charge is -2.29. The van der Waals surface area contributed by atoms with Crippen LogP contribution in [0.15, 0.2) is 4.99 Å². The Kier molecular flexibility index (Phi) is 6.61. The summed E-state index contributed by atoms with van der Waals surface area (Å²) in [5, 5.41) is 3.51. The first-order valence-electron chi connectivity index (χ1n) is 10.1. The number of rotatable bonds is 7. The first-order chi connectivity index (χ1) is 11.3. The van der Waals surface area contributed by atoms with E-state index in [1.54, 1.807) is 0 Å². The van der Waals surface area contributed by atoms with Gasteiger partial charge in [0, 0.05) is 32.7 Å². The molecule has 0 bridgehead atoms. The second-order valence-corrected chi connectivity index (χ2v) is 7.78. The van der Waals surface area contributed by atoms with Gasteiger partial charge in [0.1, 0.15) is 0 Å². The number of nitrogens with one attached hydrogen (secondary N) is 1. The fourth-order valence-electron chi connectivity index (χ4n) is 4.08. The summed E-state index contributed by atoms with van der Waals surface area (Å²) in [6, 6.07) is 0. The van der Waals surface area contributed by atoms with Crippen molar-refractivity contribution in [3.05, 3.63) is 0 Å². The molecular weight excluding hydrogens is 284 g/mol. The predicted octanol–water partition coefficient (Wildman–Crippen LogP) is 2.95. The molecule has 0 radical (unpaired) electrons. The topological polar surface area (TPSA) is 30.9 Å². The average molecular weight is 321 g/mol. The maximum absolute atomic E-state index is 4.89. The molecule has 2 heterocycles. The molecule has 1 saturated carbocycles. The fourth-order valence-corrected chi connectivity index (χ4v) is 4.08. The largest absolute Gasteiger partial charge is 0.357 e. The summed E-state index contributed by atoms with van der Waals surface area (Å²) in [6.45, 7) is 10.5. The van der Waals surface area contributed by atoms with E-state index in [0.717, 1.165) is 24.9 Å². The molecule has 23 heavy (non-hydrogen) atoms. The summed E-state index contributed by atoms with van der Waals surface area (Å²) in [4.78, 5) is 10.1. The van der Waals surface area contributed by atoms with Crippen LogP contribution in [0.4, 0.5) is 0 Å². The van der Waals surface area contributed by atoms with Crippen molar-refractivity contribution < 1.29 is 0 Å². The van der Waals surface area contributed by atoms with Gasteiger partial charge in [0.15, 0.2) is 5.96 Å². The van der Waals surface area contributed by atoms with Crippen LogP contribution in [-0.2, 0) is 0 Å². The zero-order valence-electron chi connectivity index (χ0n) is 15.1. The maximum atomic E-state index is 4.89. The van der Waals surface area contributed by atoms with Gasteiger partial charge in [-0.3, -0.25) is 4.99 Å². The highest BCUT2D eigenvalue weighted by Gasteiger charge is 2.27. The smallest absolute Gasteiger partial charge is 0.193 e. The van der Waals surface area contributed by atoms with E-state index >= 15 is 0 Å². The zero-order valence-corrected chi connectivity index (χ0v) is 15.1. The van der Waals surface area contributed by atoms with Gasteiger partial charge >= 0.3 is 0 Å². The van der Waals surface area contributed by atoms with Gasteiger partial charge < -0.3 is 15.1 Å². The minimum atomic E-state index is 0.837. The molecule has 4 heteroatoms. The Morgan fingerprint density at radius 1 is 1.04 bits per heavy atom. The van der Waals surface area contributed by atoms with E-state index < -0.39 is 0 Å². The van der Waals surface area contributed by atoms with E-state index in [9.17, 15) is 0 Å². The number of guanidine groups is 1. The quantitative estimate of drug-likeness (QED) is 0.444. The highest BCUT2D eigenvalue weighted by molar-refractivity contribution is 5.80. The summed E-state index contributed by atoms with van der Waals surface area (Å²) in [5.74, 6) is 3.04. The number of likely N-dealkylation sites (tertiary alicyclic amines) is 2. The molecule has 3 rings (SSSR count). The van der Waals surface area contributed by atoms with Crippen LogP contribution in [0.3, 0.4) is 0 Å². The van der Waals surface area contributed by atoms with Crippen LogP contribution in [0.1, 0.15) is 58.3 Å². The normalized spacial score (nSPS) is 26.7. The summed E-state index contributed by atoms with van der Waals surface area (Å²) in [6.07, 6.45) is 11.2. The van der Waals surface area contributed by atoms with Crippen LogP contribution >= 0.6 is 0 Å². The number of piperidine rings is 1. The van der Waals surface area contributed by atoms with E-state index in [0.29, 0.717) is 0 Å². The van der Waals surface area contributed by atoms with Gasteiger partial charge in [0.25, 0.3) is 0 Å². The number of aliphatic imine (C=N–C) groups is 1. The second kappa shape index (κ2) is 8.91. The first-order valence-corrected chi connectivity index (χ1v) is 10.1. The summed E-state index contributed by atoms with van der Waals surface area (Å²) in [7, 11) is 0. The fraction of sp³-hybridized carbons (Fsp3) is 0.947. The Morgan fingerprint density at radius 3 is 2.61 bits per heavy atom. The molecule has 1 atom stereocenters. The minimum Gasteiger partial charge on any atom is -0.357 e. The van der Waals surface area contributed by atoms with Crippen molar-refractivity contribution in [3.63, 3.8) is 0 Å². The maximum Gasteiger partial charge on any atom is 0.193 e. The standard InChI is InChI=1S/C19H36N4/c1-2-20-19(21-11-6-7-17-8-9-17)23-14-10-18(16-23)15-22-12-4-3-5-13-22/h17-18H,2-16H2,1H3,(H,20,21). The molecule has 0 amide bonds. The van der Waals surface area contributed by atoms with Gasteiger partial charge in [-0.2, -0.15) is 0 Å². The summed E-state index contributed by atoms with van der Waals surface area (Å²) >= 11 is 0. The lowest BCUT2D eigenvalue weighted by Crippen LogP contribution is -2.41.